The van der Waals surface area contributed by atoms with Crippen LogP contribution < -0.4 is 5.32 Å². The van der Waals surface area contributed by atoms with Gasteiger partial charge in [0, 0.05) is 21.8 Å². The normalized spacial score (nSPS) is 18.5. The molecule has 2 N–H and O–H groups in total. The van der Waals surface area contributed by atoms with Gasteiger partial charge in [-0.2, -0.15) is 0 Å². The summed E-state index contributed by atoms with van der Waals surface area (Å²) >= 11 is 1.62. The fraction of sp³-hybridized carbons (Fsp3) is 0.333. The zero-order chi connectivity index (χ0) is 15.6. The zero-order valence-electron chi connectivity index (χ0n) is 11.8. The fourth-order valence-corrected chi connectivity index (χ4v) is 3.22. The molecule has 1 aromatic rings. The molecule has 0 saturated heterocycles. The van der Waals surface area contributed by atoms with Crippen LogP contribution >= 0.6 is 11.8 Å². The van der Waals surface area contributed by atoms with Gasteiger partial charge in [0.1, 0.15) is 5.82 Å². The molecule has 0 saturated carbocycles. The number of carboxylic acid groups (broad SMARTS) is 1. The van der Waals surface area contributed by atoms with E-state index in [1.165, 1.54) is 26.0 Å². The minimum absolute atomic E-state index is 0.0113. The quantitative estimate of drug-likeness (QED) is 0.843. The van der Waals surface area contributed by atoms with Crippen molar-refractivity contribution in [2.24, 2.45) is 0 Å². The van der Waals surface area contributed by atoms with E-state index in [2.05, 4.69) is 5.32 Å². The van der Waals surface area contributed by atoms with E-state index >= 15 is 0 Å². The highest BCUT2D eigenvalue weighted by Gasteiger charge is 2.24. The van der Waals surface area contributed by atoms with Crippen LogP contribution in [0.3, 0.4) is 0 Å². The lowest BCUT2D eigenvalue weighted by Gasteiger charge is -2.26. The Morgan fingerprint density at radius 2 is 2.05 bits per heavy atom. The molecule has 0 bridgehead atoms. The predicted octanol–water partition coefficient (Wildman–Crippen LogP) is 2.90. The third-order valence-electron chi connectivity index (χ3n) is 3.54. The Kier molecular flexibility index (Phi) is 4.67. The number of carbonyl (C=O) groups excluding carboxylic acids is 1. The molecule has 0 spiro atoms. The van der Waals surface area contributed by atoms with Crippen molar-refractivity contribution in [3.05, 3.63) is 40.7 Å². The van der Waals surface area contributed by atoms with Crippen LogP contribution in [0.5, 0.6) is 0 Å². The van der Waals surface area contributed by atoms with Crippen LogP contribution in [-0.4, -0.2) is 22.7 Å². The van der Waals surface area contributed by atoms with Crippen LogP contribution in [0.15, 0.2) is 34.2 Å². The summed E-state index contributed by atoms with van der Waals surface area (Å²) < 4.78 is 13.4. The lowest BCUT2D eigenvalue weighted by atomic mass is 10.0. The molecule has 2 rings (SSSR count). The van der Waals surface area contributed by atoms with Gasteiger partial charge in [-0.05, 0) is 44.0 Å². The van der Waals surface area contributed by atoms with Gasteiger partial charge in [0.15, 0.2) is 0 Å². The van der Waals surface area contributed by atoms with Crippen molar-refractivity contribution in [1.82, 2.24) is 5.32 Å². The number of benzene rings is 1. The van der Waals surface area contributed by atoms with Gasteiger partial charge in [-0.15, -0.1) is 11.8 Å². The van der Waals surface area contributed by atoms with E-state index in [9.17, 15) is 14.0 Å². The summed E-state index contributed by atoms with van der Waals surface area (Å²) in [6.45, 7) is 2.87. The molecule has 0 radical (unpaired) electrons. The number of amides is 1. The van der Waals surface area contributed by atoms with Gasteiger partial charge in [-0.1, -0.05) is 0 Å². The van der Waals surface area contributed by atoms with Crippen molar-refractivity contribution < 1.29 is 19.1 Å². The number of nitrogens with one attached hydrogen (secondary N) is 1. The maximum Gasteiger partial charge on any atom is 0.331 e. The van der Waals surface area contributed by atoms with Gasteiger partial charge in [-0.25, -0.2) is 9.18 Å². The molecule has 4 nitrogen and oxygen atoms in total. The minimum atomic E-state index is -1.12. The molecule has 1 unspecified atom stereocenters. The van der Waals surface area contributed by atoms with Gasteiger partial charge in [-0.3, -0.25) is 4.79 Å². The van der Waals surface area contributed by atoms with Crippen LogP contribution in [0.4, 0.5) is 4.39 Å². The Bertz CT molecular complexity index is 627. The van der Waals surface area contributed by atoms with E-state index in [1.54, 1.807) is 17.8 Å². The molecule has 1 aliphatic heterocycles. The fourth-order valence-electron chi connectivity index (χ4n) is 2.11. The zero-order valence-corrected chi connectivity index (χ0v) is 12.6. The number of carbonyl (C=O) groups is 2. The van der Waals surface area contributed by atoms with Gasteiger partial charge in [0.2, 0.25) is 5.91 Å². The van der Waals surface area contributed by atoms with Gasteiger partial charge in [0.25, 0.3) is 0 Å². The summed E-state index contributed by atoms with van der Waals surface area (Å²) in [4.78, 5) is 24.0. The van der Waals surface area contributed by atoms with Crippen LogP contribution in [0.25, 0.3) is 0 Å². The second-order valence-electron chi connectivity index (χ2n) is 4.90. The van der Waals surface area contributed by atoms with Gasteiger partial charge >= 0.3 is 5.97 Å². The summed E-state index contributed by atoms with van der Waals surface area (Å²) in [5.41, 5.74) is 0.927. The Morgan fingerprint density at radius 3 is 2.71 bits per heavy atom. The van der Waals surface area contributed by atoms with Crippen molar-refractivity contribution in [1.29, 1.82) is 0 Å². The summed E-state index contributed by atoms with van der Waals surface area (Å²) in [6, 6.07) is 4.24. The Hall–Kier alpha value is -1.82. The van der Waals surface area contributed by atoms with E-state index in [4.69, 9.17) is 5.11 Å². The monoisotopic (exact) mass is 309 g/mol. The first kappa shape index (κ1) is 15.6. The molecule has 21 heavy (non-hydrogen) atoms. The van der Waals surface area contributed by atoms with E-state index in [-0.39, 0.29) is 23.0 Å². The smallest absolute Gasteiger partial charge is 0.331 e. The SMILES string of the molecule is CC(C(=O)O)=C(C)C(=O)NC1CCSc2ccc(F)cc21. The lowest BCUT2D eigenvalue weighted by Crippen LogP contribution is -2.32. The van der Waals surface area contributed by atoms with E-state index in [0.29, 0.717) is 6.42 Å². The number of rotatable bonds is 3. The summed E-state index contributed by atoms with van der Waals surface area (Å²) in [7, 11) is 0. The number of hydrogen-bond acceptors (Lipinski definition) is 3. The number of halogens is 1. The average Bonchev–Trinajstić information content (AvgIpc) is 2.46. The van der Waals surface area contributed by atoms with Crippen molar-refractivity contribution in [2.75, 3.05) is 5.75 Å². The molecular weight excluding hydrogens is 293 g/mol. The van der Waals surface area contributed by atoms with Crippen molar-refractivity contribution >= 4 is 23.6 Å². The number of carboxylic acids is 1. The number of aliphatic carboxylic acids is 1. The second kappa shape index (κ2) is 6.30. The van der Waals surface area contributed by atoms with Crippen LogP contribution in [0.2, 0.25) is 0 Å². The summed E-state index contributed by atoms with van der Waals surface area (Å²) in [5.74, 6) is -1.07. The van der Waals surface area contributed by atoms with E-state index in [1.807, 2.05) is 0 Å². The molecule has 112 valence electrons. The summed E-state index contributed by atoms with van der Waals surface area (Å²) in [6.07, 6.45) is 0.687. The topological polar surface area (TPSA) is 66.4 Å². The van der Waals surface area contributed by atoms with Crippen LogP contribution in [0, 0.1) is 5.82 Å². The first-order chi connectivity index (χ1) is 9.90. The standard InChI is InChI=1S/C15H16FNO3S/c1-8(9(2)15(19)20)14(18)17-12-5-6-21-13-4-3-10(16)7-11(12)13/h3-4,7,12H,5-6H2,1-2H3,(H,17,18)(H,19,20). The maximum atomic E-state index is 13.4. The highest BCUT2D eigenvalue weighted by Crippen LogP contribution is 2.36. The number of thioether (sulfide) groups is 1. The Morgan fingerprint density at radius 1 is 1.33 bits per heavy atom. The predicted molar refractivity (Wildman–Crippen MR) is 78.6 cm³/mol. The highest BCUT2D eigenvalue weighted by atomic mass is 32.2. The molecule has 1 heterocycles. The van der Waals surface area contributed by atoms with Crippen LogP contribution in [-0.2, 0) is 9.59 Å². The molecular formula is C15H16FNO3S. The third-order valence-corrected chi connectivity index (χ3v) is 4.66. The maximum absolute atomic E-state index is 13.4. The van der Waals surface area contributed by atoms with Crippen molar-refractivity contribution in [3.63, 3.8) is 0 Å². The minimum Gasteiger partial charge on any atom is -0.478 e. The molecule has 1 atom stereocenters. The molecule has 1 aliphatic rings. The second-order valence-corrected chi connectivity index (χ2v) is 6.04. The highest BCUT2D eigenvalue weighted by molar-refractivity contribution is 7.99. The van der Waals surface area contributed by atoms with E-state index in [0.717, 1.165) is 16.2 Å². The van der Waals surface area contributed by atoms with Gasteiger partial charge in [0.05, 0.1) is 6.04 Å². The number of hydrogen-bond donors (Lipinski definition) is 2. The third kappa shape index (κ3) is 3.44. The largest absolute Gasteiger partial charge is 0.478 e. The van der Waals surface area contributed by atoms with E-state index < -0.39 is 11.9 Å². The van der Waals surface area contributed by atoms with Crippen molar-refractivity contribution in [2.45, 2.75) is 31.2 Å². The first-order valence-corrected chi connectivity index (χ1v) is 7.52. The Balaban J connectivity index is 2.23. The number of fused-ring (bicyclic) bond motifs is 1. The van der Waals surface area contributed by atoms with Crippen molar-refractivity contribution in [3.8, 4) is 0 Å². The van der Waals surface area contributed by atoms with Gasteiger partial charge < -0.3 is 10.4 Å². The average molecular weight is 309 g/mol. The molecule has 1 amide bonds. The molecule has 6 heteroatoms. The van der Waals surface area contributed by atoms with Crippen LogP contribution in [0.1, 0.15) is 31.9 Å². The lowest BCUT2D eigenvalue weighted by molar-refractivity contribution is -0.133. The molecule has 1 aromatic carbocycles. The molecule has 0 fully saturated rings. The molecule has 0 aromatic heterocycles. The first-order valence-electron chi connectivity index (χ1n) is 6.54. The Labute approximate surface area is 126 Å². The molecule has 0 aliphatic carbocycles. The summed E-state index contributed by atoms with van der Waals surface area (Å²) in [5, 5.41) is 11.7.